The van der Waals surface area contributed by atoms with Crippen molar-refractivity contribution in [2.75, 3.05) is 33.4 Å². The van der Waals surface area contributed by atoms with Crippen molar-refractivity contribution in [3.63, 3.8) is 0 Å². The summed E-state index contributed by atoms with van der Waals surface area (Å²) < 4.78 is 21.7. The molecule has 2 aromatic carbocycles. The van der Waals surface area contributed by atoms with Gasteiger partial charge in [-0.15, -0.1) is 0 Å². The monoisotopic (exact) mass is 395 g/mol. The van der Waals surface area contributed by atoms with Crippen molar-refractivity contribution in [2.24, 2.45) is 5.10 Å². The molecule has 0 aliphatic rings. The van der Waals surface area contributed by atoms with Crippen LogP contribution in [0, 0.1) is 6.92 Å². The Bertz CT molecular complexity index is 1010. The number of rotatable bonds is 8. The van der Waals surface area contributed by atoms with Crippen molar-refractivity contribution in [3.05, 3.63) is 47.7 Å². The van der Waals surface area contributed by atoms with Gasteiger partial charge in [-0.1, -0.05) is 0 Å². The molecule has 1 aromatic heterocycles. The molecule has 3 aromatic rings. The molecule has 7 nitrogen and oxygen atoms in total. The topological polar surface area (TPSA) is 74.2 Å². The number of hydrogen-bond acceptors (Lipinski definition) is 7. The smallest absolute Gasteiger partial charge is 0.203 e. The van der Waals surface area contributed by atoms with Crippen LogP contribution in [0.4, 0.5) is 5.69 Å². The first-order valence-corrected chi connectivity index (χ1v) is 9.22. The van der Waals surface area contributed by atoms with E-state index in [9.17, 15) is 0 Å². The van der Waals surface area contributed by atoms with Crippen molar-refractivity contribution in [3.8, 4) is 23.0 Å². The third-order valence-electron chi connectivity index (χ3n) is 4.31. The summed E-state index contributed by atoms with van der Waals surface area (Å²) in [6.07, 6.45) is 1.70. The summed E-state index contributed by atoms with van der Waals surface area (Å²) in [6.45, 7) is 4.52. The summed E-state index contributed by atoms with van der Waals surface area (Å²) >= 11 is 0. The average Bonchev–Trinajstić information content (AvgIpc) is 2.72. The minimum atomic E-state index is 0.543. The van der Waals surface area contributed by atoms with Crippen LogP contribution < -0.4 is 24.4 Å². The highest BCUT2D eigenvalue weighted by atomic mass is 16.5. The number of nitrogens with one attached hydrogen (secondary N) is 1. The van der Waals surface area contributed by atoms with Gasteiger partial charge in [-0.2, -0.15) is 5.10 Å². The van der Waals surface area contributed by atoms with Gasteiger partial charge in [0.05, 0.1) is 45.4 Å². The van der Waals surface area contributed by atoms with Crippen LogP contribution in [-0.4, -0.2) is 39.1 Å². The molecule has 0 atom stereocenters. The fourth-order valence-corrected chi connectivity index (χ4v) is 3.04. The van der Waals surface area contributed by atoms with Crippen LogP contribution in [0.2, 0.25) is 0 Å². The van der Waals surface area contributed by atoms with Gasteiger partial charge in [0, 0.05) is 22.7 Å². The molecule has 0 aliphatic heterocycles. The number of hydrazone groups is 1. The Hall–Kier alpha value is -3.48. The molecule has 152 valence electrons. The summed E-state index contributed by atoms with van der Waals surface area (Å²) in [5, 5.41) is 5.34. The number of nitrogens with zero attached hydrogens (tertiary/aromatic N) is 2. The Labute approximate surface area is 170 Å². The van der Waals surface area contributed by atoms with Crippen molar-refractivity contribution >= 4 is 22.8 Å². The molecular weight excluding hydrogens is 370 g/mol. The Morgan fingerprint density at radius 3 is 2.34 bits per heavy atom. The van der Waals surface area contributed by atoms with E-state index in [0.717, 1.165) is 33.6 Å². The quantitative estimate of drug-likeness (QED) is 0.450. The maximum atomic E-state index is 5.57. The summed E-state index contributed by atoms with van der Waals surface area (Å²) in [6, 6.07) is 11.4. The van der Waals surface area contributed by atoms with Gasteiger partial charge in [-0.3, -0.25) is 10.4 Å². The molecule has 0 aliphatic carbocycles. The zero-order chi connectivity index (χ0) is 20.8. The fraction of sp³-hybridized carbons (Fsp3) is 0.273. The second-order valence-corrected chi connectivity index (χ2v) is 6.25. The van der Waals surface area contributed by atoms with E-state index in [0.29, 0.717) is 23.9 Å². The number of anilines is 1. The van der Waals surface area contributed by atoms with Crippen molar-refractivity contribution in [1.82, 2.24) is 4.98 Å². The summed E-state index contributed by atoms with van der Waals surface area (Å²) in [5.74, 6) is 2.48. The molecule has 0 fully saturated rings. The van der Waals surface area contributed by atoms with E-state index < -0.39 is 0 Å². The molecule has 1 N–H and O–H groups in total. The standard InChI is InChI=1S/C22H25N3O4/c1-6-29-16-7-8-17-18(12-16)24-14(2)9-19(17)25-23-13-15-10-20(26-3)22(28-5)21(11-15)27-4/h7-13H,6H2,1-5H3,(H,24,25)/b23-13+. The molecule has 0 unspecified atom stereocenters. The van der Waals surface area contributed by atoms with Gasteiger partial charge in [-0.05, 0) is 44.2 Å². The lowest BCUT2D eigenvalue weighted by atomic mass is 10.1. The first-order valence-electron chi connectivity index (χ1n) is 9.22. The van der Waals surface area contributed by atoms with Crippen LogP contribution in [0.3, 0.4) is 0 Å². The number of methoxy groups -OCH3 is 3. The van der Waals surface area contributed by atoms with Gasteiger partial charge < -0.3 is 18.9 Å². The molecular formula is C22H25N3O4. The van der Waals surface area contributed by atoms with Gasteiger partial charge in [0.1, 0.15) is 5.75 Å². The van der Waals surface area contributed by atoms with Gasteiger partial charge in [0.2, 0.25) is 5.75 Å². The number of aromatic nitrogens is 1. The first kappa shape index (κ1) is 20.3. The summed E-state index contributed by atoms with van der Waals surface area (Å²) in [7, 11) is 4.74. The fourth-order valence-electron chi connectivity index (χ4n) is 3.04. The predicted octanol–water partition coefficient (Wildman–Crippen LogP) is 4.41. The zero-order valence-electron chi connectivity index (χ0n) is 17.3. The molecule has 0 radical (unpaired) electrons. The second-order valence-electron chi connectivity index (χ2n) is 6.25. The van der Waals surface area contributed by atoms with E-state index in [-0.39, 0.29) is 0 Å². The largest absolute Gasteiger partial charge is 0.494 e. The lowest BCUT2D eigenvalue weighted by Gasteiger charge is -2.12. The van der Waals surface area contributed by atoms with Crippen LogP contribution in [0.5, 0.6) is 23.0 Å². The number of fused-ring (bicyclic) bond motifs is 1. The third kappa shape index (κ3) is 4.51. The SMILES string of the molecule is CCOc1ccc2c(N/N=C/c3cc(OC)c(OC)c(OC)c3)cc(C)nc2c1. The van der Waals surface area contributed by atoms with Crippen molar-refractivity contribution in [2.45, 2.75) is 13.8 Å². The highest BCUT2D eigenvalue weighted by Crippen LogP contribution is 2.37. The van der Waals surface area contributed by atoms with Crippen LogP contribution in [0.1, 0.15) is 18.2 Å². The lowest BCUT2D eigenvalue weighted by molar-refractivity contribution is 0.324. The Balaban J connectivity index is 1.89. The molecule has 0 amide bonds. The lowest BCUT2D eigenvalue weighted by Crippen LogP contribution is -1.98. The zero-order valence-corrected chi connectivity index (χ0v) is 17.3. The number of pyridine rings is 1. The highest BCUT2D eigenvalue weighted by Gasteiger charge is 2.12. The highest BCUT2D eigenvalue weighted by molar-refractivity contribution is 5.93. The van der Waals surface area contributed by atoms with Crippen LogP contribution in [0.25, 0.3) is 10.9 Å². The minimum absolute atomic E-state index is 0.543. The molecule has 0 spiro atoms. The van der Waals surface area contributed by atoms with E-state index in [1.54, 1.807) is 27.5 Å². The molecule has 3 rings (SSSR count). The predicted molar refractivity (Wildman–Crippen MR) is 115 cm³/mol. The third-order valence-corrected chi connectivity index (χ3v) is 4.31. The van der Waals surface area contributed by atoms with E-state index >= 15 is 0 Å². The van der Waals surface area contributed by atoms with Crippen molar-refractivity contribution < 1.29 is 18.9 Å². The number of benzene rings is 2. The number of hydrogen-bond donors (Lipinski definition) is 1. The molecule has 0 saturated carbocycles. The summed E-state index contributed by atoms with van der Waals surface area (Å²) in [4.78, 5) is 4.59. The van der Waals surface area contributed by atoms with E-state index in [1.807, 2.05) is 50.2 Å². The van der Waals surface area contributed by atoms with E-state index in [4.69, 9.17) is 18.9 Å². The van der Waals surface area contributed by atoms with E-state index in [1.165, 1.54) is 0 Å². The Morgan fingerprint density at radius 1 is 1.00 bits per heavy atom. The maximum Gasteiger partial charge on any atom is 0.203 e. The molecule has 7 heteroatoms. The first-order chi connectivity index (χ1) is 14.1. The van der Waals surface area contributed by atoms with Crippen molar-refractivity contribution in [1.29, 1.82) is 0 Å². The van der Waals surface area contributed by atoms with Gasteiger partial charge >= 0.3 is 0 Å². The maximum absolute atomic E-state index is 5.57. The molecule has 0 bridgehead atoms. The average molecular weight is 395 g/mol. The van der Waals surface area contributed by atoms with Crippen LogP contribution >= 0.6 is 0 Å². The van der Waals surface area contributed by atoms with Gasteiger partial charge in [0.25, 0.3) is 0 Å². The number of ether oxygens (including phenoxy) is 4. The summed E-state index contributed by atoms with van der Waals surface area (Å²) in [5.41, 5.74) is 6.51. The Kier molecular flexibility index (Phi) is 6.39. The van der Waals surface area contributed by atoms with Gasteiger partial charge in [-0.25, -0.2) is 0 Å². The number of aryl methyl sites for hydroxylation is 1. The molecule has 0 saturated heterocycles. The van der Waals surface area contributed by atoms with Crippen LogP contribution in [0.15, 0.2) is 41.5 Å². The normalized spacial score (nSPS) is 10.9. The minimum Gasteiger partial charge on any atom is -0.494 e. The second kappa shape index (κ2) is 9.14. The molecule has 29 heavy (non-hydrogen) atoms. The van der Waals surface area contributed by atoms with Crippen LogP contribution in [-0.2, 0) is 0 Å². The van der Waals surface area contributed by atoms with Gasteiger partial charge in [0.15, 0.2) is 11.5 Å². The Morgan fingerprint density at radius 2 is 1.72 bits per heavy atom. The molecule has 1 heterocycles. The van der Waals surface area contributed by atoms with E-state index in [2.05, 4.69) is 15.5 Å².